The average Bonchev–Trinajstić information content (AvgIpc) is 2.77. The van der Waals surface area contributed by atoms with Crippen LogP contribution in [0, 0.1) is 5.82 Å². The summed E-state index contributed by atoms with van der Waals surface area (Å²) in [4.78, 5) is 15.5. The number of benzene rings is 1. The number of aromatic nitrogens is 2. The van der Waals surface area contributed by atoms with E-state index < -0.39 is 5.97 Å². The van der Waals surface area contributed by atoms with Crippen molar-refractivity contribution in [1.29, 1.82) is 0 Å². The van der Waals surface area contributed by atoms with Crippen molar-refractivity contribution >= 4 is 23.2 Å². The van der Waals surface area contributed by atoms with Gasteiger partial charge in [0, 0.05) is 22.8 Å². The van der Waals surface area contributed by atoms with E-state index in [0.29, 0.717) is 27.6 Å². The van der Waals surface area contributed by atoms with E-state index in [2.05, 4.69) is 4.98 Å². The summed E-state index contributed by atoms with van der Waals surface area (Å²) in [6.45, 7) is 0. The van der Waals surface area contributed by atoms with Gasteiger partial charge < -0.3 is 9.51 Å². The molecule has 0 saturated heterocycles. The maximum absolute atomic E-state index is 13.0. The first kappa shape index (κ1) is 13.6. The van der Waals surface area contributed by atoms with Gasteiger partial charge in [0.2, 0.25) is 0 Å². The lowest BCUT2D eigenvalue weighted by molar-refractivity contribution is -0.136. The Morgan fingerprint density at radius 1 is 1.29 bits per heavy atom. The van der Waals surface area contributed by atoms with Crippen LogP contribution in [0.15, 0.2) is 42.6 Å². The molecule has 0 fully saturated rings. The molecule has 3 aromatic rings. The summed E-state index contributed by atoms with van der Waals surface area (Å²) in [5, 5.41) is 9.60. The highest BCUT2D eigenvalue weighted by molar-refractivity contribution is 6.30. The van der Waals surface area contributed by atoms with Crippen molar-refractivity contribution in [2.75, 3.05) is 0 Å². The molecular weight excluding hydrogens is 295 g/mol. The molecule has 0 aliphatic rings. The van der Waals surface area contributed by atoms with E-state index in [-0.39, 0.29) is 12.2 Å². The van der Waals surface area contributed by atoms with Crippen LogP contribution in [0.25, 0.3) is 16.9 Å². The molecule has 0 saturated carbocycles. The molecule has 2 heterocycles. The summed E-state index contributed by atoms with van der Waals surface area (Å²) in [6, 6.07) is 9.10. The molecule has 0 bridgehead atoms. The van der Waals surface area contributed by atoms with Gasteiger partial charge in [0.05, 0.1) is 17.8 Å². The Hall–Kier alpha value is -2.40. The second kappa shape index (κ2) is 5.18. The first-order valence-corrected chi connectivity index (χ1v) is 6.56. The van der Waals surface area contributed by atoms with Gasteiger partial charge in [-0.05, 0) is 30.3 Å². The van der Waals surface area contributed by atoms with Gasteiger partial charge in [-0.1, -0.05) is 11.6 Å². The van der Waals surface area contributed by atoms with Gasteiger partial charge in [0.15, 0.2) is 0 Å². The fourth-order valence-electron chi connectivity index (χ4n) is 2.22. The Morgan fingerprint density at radius 2 is 2.00 bits per heavy atom. The molecule has 1 aromatic carbocycles. The largest absolute Gasteiger partial charge is 0.481 e. The minimum absolute atomic E-state index is 0.185. The number of halogens is 2. The number of carbonyl (C=O) groups is 1. The zero-order valence-corrected chi connectivity index (χ0v) is 11.5. The number of hydrogen-bond donors (Lipinski definition) is 1. The number of carboxylic acids is 1. The molecule has 4 nitrogen and oxygen atoms in total. The average molecular weight is 305 g/mol. The van der Waals surface area contributed by atoms with Crippen LogP contribution in [-0.2, 0) is 11.2 Å². The second-order valence-corrected chi connectivity index (χ2v) is 4.99. The molecule has 0 radical (unpaired) electrons. The number of rotatable bonds is 3. The van der Waals surface area contributed by atoms with Crippen LogP contribution in [0.1, 0.15) is 5.69 Å². The lowest BCUT2D eigenvalue weighted by Gasteiger charge is -2.03. The van der Waals surface area contributed by atoms with Crippen LogP contribution in [0.4, 0.5) is 4.39 Å². The van der Waals surface area contributed by atoms with Gasteiger partial charge in [-0.15, -0.1) is 0 Å². The molecule has 0 spiro atoms. The normalized spacial score (nSPS) is 11.0. The monoisotopic (exact) mass is 304 g/mol. The molecule has 2 aromatic heterocycles. The Bertz CT molecular complexity index is 828. The first-order valence-electron chi connectivity index (χ1n) is 6.19. The molecule has 0 aliphatic heterocycles. The van der Waals surface area contributed by atoms with Gasteiger partial charge in [-0.2, -0.15) is 0 Å². The summed E-state index contributed by atoms with van der Waals surface area (Å²) >= 11 is 5.93. The van der Waals surface area contributed by atoms with Gasteiger partial charge >= 0.3 is 5.97 Å². The molecule has 6 heteroatoms. The molecule has 0 amide bonds. The highest BCUT2D eigenvalue weighted by Crippen LogP contribution is 2.26. The number of fused-ring (bicyclic) bond motifs is 1. The van der Waals surface area contributed by atoms with Crippen LogP contribution in [-0.4, -0.2) is 20.5 Å². The number of pyridine rings is 1. The third-order valence-corrected chi connectivity index (χ3v) is 3.36. The molecule has 0 atom stereocenters. The van der Waals surface area contributed by atoms with Crippen molar-refractivity contribution in [3.63, 3.8) is 0 Å². The molecule has 21 heavy (non-hydrogen) atoms. The van der Waals surface area contributed by atoms with Crippen LogP contribution in [0.5, 0.6) is 0 Å². The third-order valence-electron chi connectivity index (χ3n) is 3.12. The Labute approximate surface area is 124 Å². The third kappa shape index (κ3) is 2.60. The SMILES string of the molecule is O=C(O)Cc1c(-c2ccc(F)cc2)nc2cc(Cl)ccn12. The number of imidazole rings is 1. The number of carboxylic acid groups (broad SMARTS) is 1. The van der Waals surface area contributed by atoms with Crippen LogP contribution >= 0.6 is 11.6 Å². The second-order valence-electron chi connectivity index (χ2n) is 4.56. The number of aliphatic carboxylic acids is 1. The van der Waals surface area contributed by atoms with Crippen molar-refractivity contribution < 1.29 is 14.3 Å². The summed E-state index contributed by atoms with van der Waals surface area (Å²) in [7, 11) is 0. The zero-order chi connectivity index (χ0) is 15.0. The fraction of sp³-hybridized carbons (Fsp3) is 0.0667. The van der Waals surface area contributed by atoms with Crippen molar-refractivity contribution in [2.24, 2.45) is 0 Å². The van der Waals surface area contributed by atoms with Crippen molar-refractivity contribution in [3.05, 3.63) is 59.1 Å². The van der Waals surface area contributed by atoms with E-state index >= 15 is 0 Å². The molecule has 3 rings (SSSR count). The maximum atomic E-state index is 13.0. The Kier molecular flexibility index (Phi) is 3.35. The minimum atomic E-state index is -0.963. The summed E-state index contributed by atoms with van der Waals surface area (Å²) in [5.74, 6) is -1.32. The van der Waals surface area contributed by atoms with E-state index in [9.17, 15) is 9.18 Å². The van der Waals surface area contributed by atoms with Gasteiger partial charge in [-0.3, -0.25) is 4.79 Å². The van der Waals surface area contributed by atoms with Gasteiger partial charge in [0.25, 0.3) is 0 Å². The molecular formula is C15H10ClFN2O2. The van der Waals surface area contributed by atoms with E-state index in [1.54, 1.807) is 34.9 Å². The van der Waals surface area contributed by atoms with Crippen LogP contribution in [0.3, 0.4) is 0 Å². The molecule has 0 aliphatic carbocycles. The smallest absolute Gasteiger partial charge is 0.309 e. The Balaban J connectivity index is 2.24. The van der Waals surface area contributed by atoms with Gasteiger partial charge in [0.1, 0.15) is 11.5 Å². The standard InChI is InChI=1S/C15H10ClFN2O2/c16-10-5-6-19-12(8-14(20)21)15(18-13(19)7-10)9-1-3-11(17)4-2-9/h1-7H,8H2,(H,20,21). The number of nitrogens with zero attached hydrogens (tertiary/aromatic N) is 2. The van der Waals surface area contributed by atoms with E-state index in [4.69, 9.17) is 16.7 Å². The van der Waals surface area contributed by atoms with Crippen LogP contribution in [0.2, 0.25) is 5.02 Å². The van der Waals surface area contributed by atoms with Gasteiger partial charge in [-0.25, -0.2) is 9.37 Å². The lowest BCUT2D eigenvalue weighted by atomic mass is 10.1. The topological polar surface area (TPSA) is 54.6 Å². The maximum Gasteiger partial charge on any atom is 0.309 e. The van der Waals surface area contributed by atoms with Crippen molar-refractivity contribution in [1.82, 2.24) is 9.38 Å². The van der Waals surface area contributed by atoms with E-state index in [0.717, 1.165) is 0 Å². The van der Waals surface area contributed by atoms with E-state index in [1.807, 2.05) is 0 Å². The number of hydrogen-bond acceptors (Lipinski definition) is 2. The Morgan fingerprint density at radius 3 is 2.67 bits per heavy atom. The highest BCUT2D eigenvalue weighted by Gasteiger charge is 2.16. The lowest BCUT2D eigenvalue weighted by Crippen LogP contribution is -2.04. The first-order chi connectivity index (χ1) is 10.0. The predicted molar refractivity (Wildman–Crippen MR) is 76.9 cm³/mol. The zero-order valence-electron chi connectivity index (χ0n) is 10.8. The molecule has 1 N–H and O–H groups in total. The fourth-order valence-corrected chi connectivity index (χ4v) is 2.38. The van der Waals surface area contributed by atoms with Crippen molar-refractivity contribution in [3.8, 4) is 11.3 Å². The molecule has 106 valence electrons. The summed E-state index contributed by atoms with van der Waals surface area (Å²) < 4.78 is 14.7. The highest BCUT2D eigenvalue weighted by atomic mass is 35.5. The van der Waals surface area contributed by atoms with Crippen molar-refractivity contribution in [2.45, 2.75) is 6.42 Å². The molecule has 0 unspecified atom stereocenters. The van der Waals surface area contributed by atoms with Crippen LogP contribution < -0.4 is 0 Å². The minimum Gasteiger partial charge on any atom is -0.481 e. The summed E-state index contributed by atoms with van der Waals surface area (Å²) in [6.07, 6.45) is 1.49. The quantitative estimate of drug-likeness (QED) is 0.806. The van der Waals surface area contributed by atoms with E-state index in [1.165, 1.54) is 12.1 Å². The predicted octanol–water partition coefficient (Wildman–Crippen LogP) is 3.42. The summed E-state index contributed by atoms with van der Waals surface area (Å²) in [5.41, 5.74) is 2.26.